The van der Waals surface area contributed by atoms with Gasteiger partial charge in [-0.1, -0.05) is 111 Å². The number of nitrogens with zero attached hydrogens (tertiary/aromatic N) is 1. The van der Waals surface area contributed by atoms with Crippen LogP contribution in [0.4, 0.5) is 0 Å². The Bertz CT molecular complexity index is 1230. The maximum atomic E-state index is 13.2. The van der Waals surface area contributed by atoms with Crippen molar-refractivity contribution < 1.29 is 14.6 Å². The number of hydrogen-bond acceptors (Lipinski definition) is 3. The Labute approximate surface area is 221 Å². The van der Waals surface area contributed by atoms with Crippen molar-refractivity contribution in [2.75, 3.05) is 7.05 Å². The molecule has 0 heterocycles. The summed E-state index contributed by atoms with van der Waals surface area (Å²) in [5, 5.41) is 10.8. The number of benzene rings is 4. The van der Waals surface area contributed by atoms with E-state index in [0.717, 1.165) is 33.6 Å². The van der Waals surface area contributed by atoms with Crippen LogP contribution in [0.5, 0.6) is 5.75 Å². The number of likely N-dealkylation sites (N-methyl/N-ethyl adjacent to an activating group) is 1. The Balaban J connectivity index is 0.00000186. The summed E-state index contributed by atoms with van der Waals surface area (Å²) in [5.41, 5.74) is 4.81. The fourth-order valence-corrected chi connectivity index (χ4v) is 4.05. The largest absolute Gasteiger partial charge is 0.489 e. The lowest BCUT2D eigenvalue weighted by Gasteiger charge is -2.29. The summed E-state index contributed by atoms with van der Waals surface area (Å²) in [6, 6.07) is 35.1. The molecule has 0 aliphatic rings. The van der Waals surface area contributed by atoms with Gasteiger partial charge in [0.15, 0.2) is 0 Å². The minimum absolute atomic E-state index is 0.0632. The van der Waals surface area contributed by atoms with Crippen molar-refractivity contribution in [2.45, 2.75) is 45.9 Å². The lowest BCUT2D eigenvalue weighted by Crippen LogP contribution is -2.39. The molecular weight excluding hydrogens is 458 g/mol. The molecule has 2 atom stereocenters. The van der Waals surface area contributed by atoms with Crippen molar-refractivity contribution in [1.82, 2.24) is 4.90 Å². The second kappa shape index (κ2) is 14.0. The average molecular weight is 496 g/mol. The summed E-state index contributed by atoms with van der Waals surface area (Å²) in [5.74, 6) is 0.657. The fourth-order valence-electron chi connectivity index (χ4n) is 4.05. The molecule has 0 fully saturated rings. The molecule has 1 N–H and O–H groups in total. The smallest absolute Gasteiger partial charge is 0.227 e. The molecule has 192 valence electrons. The highest BCUT2D eigenvalue weighted by molar-refractivity contribution is 5.80. The number of carbonyl (C=O) groups is 1. The van der Waals surface area contributed by atoms with Gasteiger partial charge in [-0.05, 0) is 46.9 Å². The molecule has 0 unspecified atom stereocenters. The first-order chi connectivity index (χ1) is 18.0. The summed E-state index contributed by atoms with van der Waals surface area (Å²) >= 11 is 0. The van der Waals surface area contributed by atoms with Crippen LogP contribution in [0.25, 0.3) is 11.1 Å². The topological polar surface area (TPSA) is 49.8 Å². The van der Waals surface area contributed by atoms with Crippen LogP contribution in [0.3, 0.4) is 0 Å². The summed E-state index contributed by atoms with van der Waals surface area (Å²) < 4.78 is 6.12. The van der Waals surface area contributed by atoms with Crippen LogP contribution in [0, 0.1) is 0 Å². The van der Waals surface area contributed by atoms with E-state index in [1.54, 1.807) is 11.9 Å². The van der Waals surface area contributed by atoms with Crippen LogP contribution < -0.4 is 4.74 Å². The molecule has 4 aromatic carbocycles. The number of aliphatic hydroxyl groups is 1. The fraction of sp³-hybridized carbons (Fsp3) is 0.242. The van der Waals surface area contributed by atoms with Crippen LogP contribution in [-0.2, 0) is 17.8 Å². The van der Waals surface area contributed by atoms with Crippen LogP contribution in [0.1, 0.15) is 43.6 Å². The number of hydrogen-bond donors (Lipinski definition) is 1. The summed E-state index contributed by atoms with van der Waals surface area (Å²) in [6.07, 6.45) is -0.546. The molecule has 0 aromatic heterocycles. The Morgan fingerprint density at radius 2 is 1.35 bits per heavy atom. The number of ether oxygens (including phenoxy) is 1. The minimum Gasteiger partial charge on any atom is -0.489 e. The Hall–Kier alpha value is -3.89. The third-order valence-electron chi connectivity index (χ3n) is 6.28. The maximum absolute atomic E-state index is 13.2. The van der Waals surface area contributed by atoms with Crippen LogP contribution in [0.15, 0.2) is 109 Å². The van der Waals surface area contributed by atoms with Gasteiger partial charge < -0.3 is 14.7 Å². The molecule has 0 aliphatic carbocycles. The van der Waals surface area contributed by atoms with Gasteiger partial charge in [-0.15, -0.1) is 0 Å². The lowest BCUT2D eigenvalue weighted by molar-refractivity contribution is -0.133. The number of rotatable bonds is 9. The maximum Gasteiger partial charge on any atom is 0.227 e. The van der Waals surface area contributed by atoms with E-state index in [-0.39, 0.29) is 18.4 Å². The van der Waals surface area contributed by atoms with E-state index in [2.05, 4.69) is 0 Å². The van der Waals surface area contributed by atoms with E-state index >= 15 is 0 Å². The van der Waals surface area contributed by atoms with Gasteiger partial charge in [0, 0.05) is 7.05 Å². The Morgan fingerprint density at radius 3 is 1.97 bits per heavy atom. The highest BCUT2D eigenvalue weighted by atomic mass is 16.5. The zero-order valence-corrected chi connectivity index (χ0v) is 22.2. The molecule has 4 rings (SSSR count). The quantitative estimate of drug-likeness (QED) is 0.270. The number of amides is 1. The van der Waals surface area contributed by atoms with Crippen molar-refractivity contribution in [3.05, 3.63) is 126 Å². The van der Waals surface area contributed by atoms with E-state index in [1.807, 2.05) is 130 Å². The first-order valence-electron chi connectivity index (χ1n) is 12.9. The molecule has 37 heavy (non-hydrogen) atoms. The van der Waals surface area contributed by atoms with Gasteiger partial charge in [-0.25, -0.2) is 0 Å². The van der Waals surface area contributed by atoms with Crippen molar-refractivity contribution >= 4 is 5.91 Å². The SMILES string of the molecule is CC.C[C@@H]([C@@H](O)c1ccccc1)N(C)C(=O)Cc1cc(OCc2ccccc2)cc(-c2ccccc2)c1. The standard InChI is InChI=1S/C31H31NO3.C2H6/c1-23(31(34)27-16-10-5-11-17-27)32(2)30(33)20-25-18-28(26-14-8-4-9-15-26)21-29(19-25)35-22-24-12-6-3-7-13-24;1-2/h3-19,21,23,31,34H,20,22H2,1-2H3;1-2H3/t23-,31+;/m0./s1. The van der Waals surface area contributed by atoms with Gasteiger partial charge in [0.1, 0.15) is 12.4 Å². The van der Waals surface area contributed by atoms with Gasteiger partial charge in [0.2, 0.25) is 5.91 Å². The van der Waals surface area contributed by atoms with E-state index in [0.29, 0.717) is 6.61 Å². The monoisotopic (exact) mass is 495 g/mol. The van der Waals surface area contributed by atoms with Crippen LogP contribution in [0.2, 0.25) is 0 Å². The molecule has 0 radical (unpaired) electrons. The number of carbonyl (C=O) groups excluding carboxylic acids is 1. The molecule has 4 heteroatoms. The second-order valence-electron chi connectivity index (χ2n) is 8.78. The third-order valence-corrected chi connectivity index (χ3v) is 6.28. The van der Waals surface area contributed by atoms with Gasteiger partial charge >= 0.3 is 0 Å². The summed E-state index contributed by atoms with van der Waals surface area (Å²) in [6.45, 7) is 6.32. The van der Waals surface area contributed by atoms with Crippen molar-refractivity contribution in [3.63, 3.8) is 0 Å². The van der Waals surface area contributed by atoms with Crippen molar-refractivity contribution in [2.24, 2.45) is 0 Å². The first-order valence-corrected chi connectivity index (χ1v) is 12.9. The Morgan fingerprint density at radius 1 is 0.784 bits per heavy atom. The molecule has 4 nitrogen and oxygen atoms in total. The second-order valence-corrected chi connectivity index (χ2v) is 8.78. The van der Waals surface area contributed by atoms with E-state index in [1.165, 1.54) is 0 Å². The molecule has 0 bridgehead atoms. The normalized spacial score (nSPS) is 12.0. The summed E-state index contributed by atoms with van der Waals surface area (Å²) in [7, 11) is 1.74. The van der Waals surface area contributed by atoms with Crippen LogP contribution >= 0.6 is 0 Å². The average Bonchev–Trinajstić information content (AvgIpc) is 2.97. The first kappa shape index (κ1) is 27.7. The highest BCUT2D eigenvalue weighted by Gasteiger charge is 2.24. The lowest BCUT2D eigenvalue weighted by atomic mass is 9.99. The van der Waals surface area contributed by atoms with Crippen LogP contribution in [-0.4, -0.2) is 29.0 Å². The third kappa shape index (κ3) is 7.80. The Kier molecular flexibility index (Phi) is 10.5. The molecule has 0 saturated carbocycles. The van der Waals surface area contributed by atoms with Crippen molar-refractivity contribution in [3.8, 4) is 16.9 Å². The van der Waals surface area contributed by atoms with Gasteiger partial charge in [0.25, 0.3) is 0 Å². The van der Waals surface area contributed by atoms with Gasteiger partial charge in [-0.2, -0.15) is 0 Å². The molecular formula is C33H37NO3. The minimum atomic E-state index is -0.759. The van der Waals surface area contributed by atoms with E-state index in [4.69, 9.17) is 4.74 Å². The summed E-state index contributed by atoms with van der Waals surface area (Å²) in [4.78, 5) is 14.8. The number of aliphatic hydroxyl groups excluding tert-OH is 1. The highest BCUT2D eigenvalue weighted by Crippen LogP contribution is 2.28. The molecule has 4 aromatic rings. The predicted octanol–water partition coefficient (Wildman–Crippen LogP) is 7.08. The molecule has 0 aliphatic heterocycles. The zero-order valence-electron chi connectivity index (χ0n) is 22.2. The van der Waals surface area contributed by atoms with Gasteiger partial charge in [-0.3, -0.25) is 4.79 Å². The predicted molar refractivity (Wildman–Crippen MR) is 151 cm³/mol. The molecule has 1 amide bonds. The molecule has 0 saturated heterocycles. The molecule has 0 spiro atoms. The van der Waals surface area contributed by atoms with Gasteiger partial charge in [0.05, 0.1) is 18.6 Å². The van der Waals surface area contributed by atoms with E-state index in [9.17, 15) is 9.90 Å². The zero-order chi connectivity index (χ0) is 26.6. The van der Waals surface area contributed by atoms with E-state index < -0.39 is 6.10 Å². The van der Waals surface area contributed by atoms with Crippen molar-refractivity contribution in [1.29, 1.82) is 0 Å².